The van der Waals surface area contributed by atoms with E-state index < -0.39 is 23.1 Å². The van der Waals surface area contributed by atoms with E-state index in [0.29, 0.717) is 5.56 Å². The molecule has 6 heteroatoms. The van der Waals surface area contributed by atoms with E-state index in [4.69, 9.17) is 21.1 Å². The molecule has 2 heterocycles. The number of fused-ring (bicyclic) bond motifs is 2. The Morgan fingerprint density at radius 2 is 1.94 bits per heavy atom. The van der Waals surface area contributed by atoms with Crippen molar-refractivity contribution in [1.82, 2.24) is 0 Å². The molecular formula is C12H13ClO5. The number of hydrogen-bond donors (Lipinski definition) is 3. The summed E-state index contributed by atoms with van der Waals surface area (Å²) in [6.45, 7) is 0.0680. The van der Waals surface area contributed by atoms with Gasteiger partial charge in [-0.2, -0.15) is 0 Å². The first kappa shape index (κ1) is 12.3. The second-order valence-corrected chi connectivity index (χ2v) is 5.14. The molecule has 4 atom stereocenters. The van der Waals surface area contributed by atoms with Crippen molar-refractivity contribution in [2.24, 2.45) is 0 Å². The van der Waals surface area contributed by atoms with E-state index in [1.54, 1.807) is 12.1 Å². The van der Waals surface area contributed by atoms with Crippen molar-refractivity contribution in [1.29, 1.82) is 0 Å². The van der Waals surface area contributed by atoms with Gasteiger partial charge in [0.25, 0.3) is 0 Å². The number of ether oxygens (including phenoxy) is 2. The molecule has 1 fully saturated rings. The zero-order valence-electron chi connectivity index (χ0n) is 9.41. The van der Waals surface area contributed by atoms with E-state index in [2.05, 4.69) is 0 Å². The summed E-state index contributed by atoms with van der Waals surface area (Å²) in [6.07, 6.45) is -2.81. The number of alkyl halides is 1. The number of hydrogen-bond acceptors (Lipinski definition) is 5. The van der Waals surface area contributed by atoms with Crippen LogP contribution >= 0.6 is 11.6 Å². The van der Waals surface area contributed by atoms with Crippen LogP contribution in [0.4, 0.5) is 0 Å². The van der Waals surface area contributed by atoms with Crippen LogP contribution in [0.3, 0.4) is 0 Å². The Morgan fingerprint density at radius 3 is 2.72 bits per heavy atom. The highest BCUT2D eigenvalue weighted by molar-refractivity contribution is 6.24. The van der Waals surface area contributed by atoms with Gasteiger partial charge in [0, 0.05) is 5.56 Å². The minimum atomic E-state index is -2.24. The number of aliphatic hydroxyl groups is 3. The Balaban J connectivity index is 2.12. The van der Waals surface area contributed by atoms with Gasteiger partial charge in [0.1, 0.15) is 12.2 Å². The number of halogens is 1. The lowest BCUT2D eigenvalue weighted by Gasteiger charge is -2.47. The minimum absolute atomic E-state index is 0.162. The fourth-order valence-corrected chi connectivity index (χ4v) is 2.83. The Morgan fingerprint density at radius 1 is 1.22 bits per heavy atom. The molecule has 0 bridgehead atoms. The topological polar surface area (TPSA) is 79.2 Å². The number of aliphatic hydroxyl groups excluding tert-OH is 2. The molecule has 0 saturated carbocycles. The van der Waals surface area contributed by atoms with Gasteiger partial charge in [-0.05, 0) is 5.56 Å². The Labute approximate surface area is 109 Å². The first-order chi connectivity index (χ1) is 8.49. The zero-order chi connectivity index (χ0) is 13.0. The van der Waals surface area contributed by atoms with Gasteiger partial charge in [-0.1, -0.05) is 35.9 Å². The number of rotatable bonds is 0. The van der Waals surface area contributed by atoms with E-state index in [1.165, 1.54) is 0 Å². The largest absolute Gasteiger partial charge is 0.388 e. The molecule has 1 spiro atoms. The smallest absolute Gasteiger partial charge is 0.243 e. The highest BCUT2D eigenvalue weighted by Crippen LogP contribution is 2.51. The zero-order valence-corrected chi connectivity index (χ0v) is 10.2. The molecule has 1 saturated heterocycles. The summed E-state index contributed by atoms with van der Waals surface area (Å²) in [6, 6.07) is 7.16. The van der Waals surface area contributed by atoms with Crippen LogP contribution in [-0.4, -0.2) is 39.2 Å². The van der Waals surface area contributed by atoms with Gasteiger partial charge in [-0.25, -0.2) is 0 Å². The molecule has 0 radical (unpaired) electrons. The minimum Gasteiger partial charge on any atom is -0.388 e. The molecule has 3 rings (SSSR count). The van der Waals surface area contributed by atoms with Crippen LogP contribution in [0.5, 0.6) is 0 Å². The van der Waals surface area contributed by atoms with Gasteiger partial charge in [-0.15, -0.1) is 0 Å². The molecule has 18 heavy (non-hydrogen) atoms. The molecular weight excluding hydrogens is 260 g/mol. The number of benzene rings is 1. The Hall–Kier alpha value is -0.690. The Kier molecular flexibility index (Phi) is 2.68. The molecule has 98 valence electrons. The van der Waals surface area contributed by atoms with Gasteiger partial charge >= 0.3 is 0 Å². The summed E-state index contributed by atoms with van der Waals surface area (Å²) in [5.41, 5.74) is 1.41. The van der Waals surface area contributed by atoms with Crippen LogP contribution in [0.2, 0.25) is 0 Å². The maximum Gasteiger partial charge on any atom is 0.243 e. The van der Waals surface area contributed by atoms with Gasteiger partial charge < -0.3 is 24.8 Å². The summed E-state index contributed by atoms with van der Waals surface area (Å²) >= 11 is 6.00. The normalized spacial score (nSPS) is 43.1. The molecule has 1 aromatic carbocycles. The maximum absolute atomic E-state index is 10.3. The predicted octanol–water partition coefficient (Wildman–Crippen LogP) is 0.0490. The van der Waals surface area contributed by atoms with Crippen molar-refractivity contribution in [2.45, 2.75) is 29.7 Å². The first-order valence-electron chi connectivity index (χ1n) is 5.63. The molecule has 5 nitrogen and oxygen atoms in total. The fourth-order valence-electron chi connectivity index (χ4n) is 2.48. The molecule has 4 unspecified atom stereocenters. The molecule has 2 aliphatic rings. The van der Waals surface area contributed by atoms with Crippen LogP contribution in [0.25, 0.3) is 0 Å². The van der Waals surface area contributed by atoms with Crippen molar-refractivity contribution in [3.8, 4) is 0 Å². The Bertz CT molecular complexity index is 477. The highest BCUT2D eigenvalue weighted by atomic mass is 35.5. The monoisotopic (exact) mass is 272 g/mol. The third kappa shape index (κ3) is 1.40. The summed E-state index contributed by atoms with van der Waals surface area (Å²) in [7, 11) is 0. The summed E-state index contributed by atoms with van der Waals surface area (Å²) in [5, 5.41) is 27.5. The second-order valence-electron chi connectivity index (χ2n) is 4.56. The lowest BCUT2D eigenvalue weighted by molar-refractivity contribution is -0.358. The van der Waals surface area contributed by atoms with Crippen molar-refractivity contribution in [3.05, 3.63) is 35.4 Å². The lowest BCUT2D eigenvalue weighted by atomic mass is 9.89. The molecule has 0 aliphatic carbocycles. The highest BCUT2D eigenvalue weighted by Gasteiger charge is 2.65. The average Bonchev–Trinajstić information content (AvgIpc) is 2.74. The van der Waals surface area contributed by atoms with Gasteiger partial charge in [-0.3, -0.25) is 0 Å². The first-order valence-corrected chi connectivity index (χ1v) is 6.00. The molecule has 2 aliphatic heterocycles. The van der Waals surface area contributed by atoms with Gasteiger partial charge in [0.15, 0.2) is 0 Å². The molecule has 1 aromatic rings. The van der Waals surface area contributed by atoms with E-state index >= 15 is 0 Å². The van der Waals surface area contributed by atoms with E-state index in [0.717, 1.165) is 5.56 Å². The van der Waals surface area contributed by atoms with Gasteiger partial charge in [0.05, 0.1) is 13.2 Å². The van der Waals surface area contributed by atoms with Crippen molar-refractivity contribution in [3.63, 3.8) is 0 Å². The van der Waals surface area contributed by atoms with E-state index in [1.807, 2.05) is 12.1 Å². The van der Waals surface area contributed by atoms with Crippen molar-refractivity contribution in [2.75, 3.05) is 6.61 Å². The van der Waals surface area contributed by atoms with Crippen molar-refractivity contribution >= 4 is 11.6 Å². The summed E-state index contributed by atoms with van der Waals surface area (Å²) < 4.78 is 10.9. The third-order valence-electron chi connectivity index (χ3n) is 3.48. The van der Waals surface area contributed by atoms with Crippen LogP contribution in [0.15, 0.2) is 24.3 Å². The second kappa shape index (κ2) is 3.90. The maximum atomic E-state index is 10.3. The van der Waals surface area contributed by atoms with Gasteiger partial charge in [0.2, 0.25) is 10.8 Å². The third-order valence-corrected chi connectivity index (χ3v) is 3.95. The fraction of sp³-hybridized carbons (Fsp3) is 0.500. The summed E-state index contributed by atoms with van der Waals surface area (Å²) in [5.74, 6) is -1.64. The standard InChI is InChI=1S/C12H13ClO5/c13-11(16)10(15)9(14)6-18-12(11)8-4-2-1-3-7(8)5-17-12/h1-4,9-10,14-16H,5-6H2. The molecule has 0 amide bonds. The van der Waals surface area contributed by atoms with Crippen LogP contribution in [-0.2, 0) is 21.9 Å². The lowest BCUT2D eigenvalue weighted by Crippen LogP contribution is -2.65. The SMILES string of the molecule is OC1COC2(OCc3ccccc32)C(O)(Cl)C1O. The molecule has 3 N–H and O–H groups in total. The van der Waals surface area contributed by atoms with Crippen molar-refractivity contribution < 1.29 is 24.8 Å². The predicted molar refractivity (Wildman–Crippen MR) is 61.7 cm³/mol. The quantitative estimate of drug-likeness (QED) is 0.582. The van der Waals surface area contributed by atoms with E-state index in [-0.39, 0.29) is 13.2 Å². The van der Waals surface area contributed by atoms with Crippen LogP contribution in [0.1, 0.15) is 11.1 Å². The van der Waals surface area contributed by atoms with Crippen LogP contribution < -0.4 is 0 Å². The van der Waals surface area contributed by atoms with Crippen LogP contribution in [0, 0.1) is 0 Å². The average molecular weight is 273 g/mol. The molecule has 0 aromatic heterocycles. The summed E-state index contributed by atoms with van der Waals surface area (Å²) in [4.78, 5) is 0. The van der Waals surface area contributed by atoms with E-state index in [9.17, 15) is 15.3 Å².